The molecule has 226 valence electrons. The molecule has 3 atom stereocenters. The number of pyridine rings is 1. The lowest BCUT2D eigenvalue weighted by atomic mass is 9.81. The first-order valence-electron chi connectivity index (χ1n) is 12.8. The van der Waals surface area contributed by atoms with E-state index in [2.05, 4.69) is 15.0 Å². The maximum atomic E-state index is 13.4. The SMILES string of the molecule is CCOC(=O)N1c2ccc(OC)nc2C(c2cc(Cl)nc(Cc3cc(C(F)(F)F)cc(C(F)(F)F)c3)n2)C(N)C1CC. The van der Waals surface area contributed by atoms with Crippen molar-refractivity contribution in [2.45, 2.75) is 57.0 Å². The Balaban J connectivity index is 1.84. The lowest BCUT2D eigenvalue weighted by molar-refractivity contribution is -0.143. The van der Waals surface area contributed by atoms with Crippen molar-refractivity contribution in [1.82, 2.24) is 15.0 Å². The van der Waals surface area contributed by atoms with E-state index in [0.717, 1.165) is 0 Å². The normalized spacial score (nSPS) is 18.9. The van der Waals surface area contributed by atoms with Crippen molar-refractivity contribution in [3.8, 4) is 5.88 Å². The summed E-state index contributed by atoms with van der Waals surface area (Å²) < 4.78 is 91.0. The number of nitrogens with zero attached hydrogens (tertiary/aromatic N) is 4. The van der Waals surface area contributed by atoms with Crippen molar-refractivity contribution >= 4 is 23.4 Å². The van der Waals surface area contributed by atoms with Gasteiger partial charge >= 0.3 is 18.4 Å². The van der Waals surface area contributed by atoms with Crippen LogP contribution in [-0.4, -0.2) is 46.8 Å². The number of benzene rings is 1. The lowest BCUT2D eigenvalue weighted by Gasteiger charge is -2.43. The zero-order chi connectivity index (χ0) is 31.0. The Morgan fingerprint density at radius 3 is 2.19 bits per heavy atom. The molecule has 3 unspecified atom stereocenters. The van der Waals surface area contributed by atoms with E-state index < -0.39 is 54.0 Å². The molecule has 0 saturated heterocycles. The molecule has 1 amide bonds. The van der Waals surface area contributed by atoms with E-state index in [9.17, 15) is 31.1 Å². The number of ether oxygens (including phenoxy) is 2. The molecule has 1 aliphatic heterocycles. The van der Waals surface area contributed by atoms with Gasteiger partial charge in [0, 0.05) is 18.5 Å². The number of halogens is 7. The smallest absolute Gasteiger partial charge is 0.416 e. The van der Waals surface area contributed by atoms with Gasteiger partial charge in [-0.2, -0.15) is 26.3 Å². The average Bonchev–Trinajstić information content (AvgIpc) is 2.90. The van der Waals surface area contributed by atoms with Gasteiger partial charge in [0.15, 0.2) is 0 Å². The Labute approximate surface area is 241 Å². The molecule has 2 aromatic heterocycles. The minimum absolute atomic E-state index is 0.0466. The highest BCUT2D eigenvalue weighted by atomic mass is 35.5. The fourth-order valence-electron chi connectivity index (χ4n) is 5.00. The predicted octanol–water partition coefficient (Wildman–Crippen LogP) is 6.38. The second-order valence-corrected chi connectivity index (χ2v) is 9.87. The molecule has 0 radical (unpaired) electrons. The van der Waals surface area contributed by atoms with Crippen LogP contribution in [0.4, 0.5) is 36.8 Å². The Morgan fingerprint density at radius 2 is 1.64 bits per heavy atom. The number of rotatable bonds is 6. The van der Waals surface area contributed by atoms with Crippen LogP contribution in [0.5, 0.6) is 5.88 Å². The van der Waals surface area contributed by atoms with Crippen LogP contribution in [0.2, 0.25) is 5.15 Å². The van der Waals surface area contributed by atoms with Crippen molar-refractivity contribution in [3.05, 3.63) is 75.5 Å². The zero-order valence-corrected chi connectivity index (χ0v) is 23.3. The molecule has 1 aromatic carbocycles. The summed E-state index contributed by atoms with van der Waals surface area (Å²) in [7, 11) is 1.40. The largest absolute Gasteiger partial charge is 0.481 e. The Kier molecular flexibility index (Phi) is 8.88. The molecular weight excluding hydrogens is 592 g/mol. The highest BCUT2D eigenvalue weighted by Gasteiger charge is 2.44. The molecule has 0 fully saturated rings. The van der Waals surface area contributed by atoms with E-state index in [0.29, 0.717) is 29.9 Å². The van der Waals surface area contributed by atoms with Gasteiger partial charge < -0.3 is 15.2 Å². The molecule has 8 nitrogen and oxygen atoms in total. The van der Waals surface area contributed by atoms with E-state index in [4.69, 9.17) is 26.8 Å². The van der Waals surface area contributed by atoms with Gasteiger partial charge in [0.25, 0.3) is 0 Å². The number of nitrogens with two attached hydrogens (primary N) is 1. The summed E-state index contributed by atoms with van der Waals surface area (Å²) in [6, 6.07) is 4.41. The van der Waals surface area contributed by atoms with E-state index in [1.165, 1.54) is 18.1 Å². The predicted molar refractivity (Wildman–Crippen MR) is 140 cm³/mol. The number of fused-ring (bicyclic) bond motifs is 1. The Hall–Kier alpha value is -3.65. The number of alkyl halides is 6. The quantitative estimate of drug-likeness (QED) is 0.253. The van der Waals surface area contributed by atoms with Gasteiger partial charge in [-0.3, -0.25) is 4.90 Å². The third-order valence-electron chi connectivity index (χ3n) is 6.77. The summed E-state index contributed by atoms with van der Waals surface area (Å²) in [5, 5.41) is -0.115. The average molecular weight is 618 g/mol. The molecule has 0 spiro atoms. The van der Waals surface area contributed by atoms with Crippen LogP contribution >= 0.6 is 11.6 Å². The minimum Gasteiger partial charge on any atom is -0.481 e. The summed E-state index contributed by atoms with van der Waals surface area (Å²) in [6.07, 6.45) is -10.8. The number of aromatic nitrogens is 3. The highest BCUT2D eigenvalue weighted by Crippen LogP contribution is 2.43. The van der Waals surface area contributed by atoms with Gasteiger partial charge in [0.1, 0.15) is 11.0 Å². The van der Waals surface area contributed by atoms with E-state index in [-0.39, 0.29) is 40.8 Å². The van der Waals surface area contributed by atoms with Crippen molar-refractivity contribution < 1.29 is 40.6 Å². The van der Waals surface area contributed by atoms with Crippen LogP contribution in [0.25, 0.3) is 0 Å². The summed E-state index contributed by atoms with van der Waals surface area (Å²) in [4.78, 5) is 27.4. The molecule has 2 N–H and O–H groups in total. The van der Waals surface area contributed by atoms with Crippen LogP contribution in [-0.2, 0) is 23.5 Å². The fraction of sp³-hybridized carbons (Fsp3) is 0.407. The van der Waals surface area contributed by atoms with Crippen LogP contribution in [0.3, 0.4) is 0 Å². The van der Waals surface area contributed by atoms with Gasteiger partial charge in [-0.05, 0) is 49.2 Å². The minimum atomic E-state index is -5.01. The topological polar surface area (TPSA) is 103 Å². The van der Waals surface area contributed by atoms with Crippen molar-refractivity contribution in [1.29, 1.82) is 0 Å². The van der Waals surface area contributed by atoms with Crippen molar-refractivity contribution in [3.63, 3.8) is 0 Å². The lowest BCUT2D eigenvalue weighted by Crippen LogP contribution is -2.57. The number of hydrogen-bond donors (Lipinski definition) is 1. The number of amides is 1. The van der Waals surface area contributed by atoms with E-state index in [1.54, 1.807) is 19.1 Å². The molecule has 42 heavy (non-hydrogen) atoms. The molecular formula is C27H26ClF6N5O3. The first kappa shape index (κ1) is 31.3. The van der Waals surface area contributed by atoms with E-state index >= 15 is 0 Å². The van der Waals surface area contributed by atoms with Crippen LogP contribution in [0, 0.1) is 0 Å². The molecule has 3 heterocycles. The fourth-order valence-corrected chi connectivity index (χ4v) is 5.20. The molecule has 1 aliphatic rings. The number of anilines is 1. The van der Waals surface area contributed by atoms with Crippen LogP contribution < -0.4 is 15.4 Å². The maximum absolute atomic E-state index is 13.4. The van der Waals surface area contributed by atoms with Gasteiger partial charge in [-0.1, -0.05) is 18.5 Å². The van der Waals surface area contributed by atoms with Crippen LogP contribution in [0.15, 0.2) is 36.4 Å². The van der Waals surface area contributed by atoms with Gasteiger partial charge in [-0.25, -0.2) is 19.7 Å². The Bertz CT molecular complexity index is 1440. The standard InChI is InChI=1S/C27H26ClF6N5O3/c1-4-17-23(35)22(24-18(6-7-21(38-24)41-3)39(17)25(40)42-5-2)16-12-19(28)37-20(36-16)10-13-8-14(26(29,30)31)11-15(9-13)27(32,33)34/h6-9,11-12,17,22-23H,4-5,10,35H2,1-3H3. The number of carbonyl (C=O) groups is 1. The van der Waals surface area contributed by atoms with Gasteiger partial charge in [0.2, 0.25) is 5.88 Å². The first-order chi connectivity index (χ1) is 19.7. The van der Waals surface area contributed by atoms with E-state index in [1.807, 2.05) is 6.92 Å². The summed E-state index contributed by atoms with van der Waals surface area (Å²) in [6.45, 7) is 3.59. The second-order valence-electron chi connectivity index (χ2n) is 9.48. The van der Waals surface area contributed by atoms with Crippen molar-refractivity contribution in [2.24, 2.45) is 5.73 Å². The molecule has 0 bridgehead atoms. The summed E-state index contributed by atoms with van der Waals surface area (Å²) in [5.41, 5.74) is 4.34. The zero-order valence-electron chi connectivity index (χ0n) is 22.6. The number of methoxy groups -OCH3 is 1. The highest BCUT2D eigenvalue weighted by molar-refractivity contribution is 6.29. The van der Waals surface area contributed by atoms with Crippen LogP contribution in [0.1, 0.15) is 60.1 Å². The number of hydrogen-bond acceptors (Lipinski definition) is 7. The third kappa shape index (κ3) is 6.38. The summed E-state index contributed by atoms with van der Waals surface area (Å²) >= 11 is 6.29. The first-order valence-corrected chi connectivity index (χ1v) is 13.1. The molecule has 0 saturated carbocycles. The van der Waals surface area contributed by atoms with Crippen molar-refractivity contribution in [2.75, 3.05) is 18.6 Å². The summed E-state index contributed by atoms with van der Waals surface area (Å²) in [5.74, 6) is -0.742. The Morgan fingerprint density at radius 1 is 1.00 bits per heavy atom. The molecule has 4 rings (SSSR count). The number of carbonyl (C=O) groups excluding carboxylic acids is 1. The second kappa shape index (κ2) is 11.9. The third-order valence-corrected chi connectivity index (χ3v) is 6.97. The maximum Gasteiger partial charge on any atom is 0.416 e. The van der Waals surface area contributed by atoms with Gasteiger partial charge in [0.05, 0.1) is 53.9 Å². The molecule has 0 aliphatic carbocycles. The monoisotopic (exact) mass is 617 g/mol. The van der Waals surface area contributed by atoms with Gasteiger partial charge in [-0.15, -0.1) is 0 Å². The molecule has 3 aromatic rings. The molecule has 15 heteroatoms.